The molecule has 0 aromatic heterocycles. The van der Waals surface area contributed by atoms with Crippen molar-refractivity contribution in [2.45, 2.75) is 32.7 Å². The first-order valence-corrected chi connectivity index (χ1v) is 6.65. The Kier molecular flexibility index (Phi) is 9.82. The first-order chi connectivity index (χ1) is 8.45. The predicted molar refractivity (Wildman–Crippen MR) is 77.6 cm³/mol. The smallest absolute Gasteiger partial charge is 0.221 e. The van der Waals surface area contributed by atoms with Crippen LogP contribution in [0.5, 0.6) is 0 Å². The number of rotatable bonds is 10. The van der Waals surface area contributed by atoms with Gasteiger partial charge in [0.15, 0.2) is 0 Å². The van der Waals surface area contributed by atoms with Gasteiger partial charge >= 0.3 is 0 Å². The van der Waals surface area contributed by atoms with E-state index in [-0.39, 0.29) is 11.9 Å². The van der Waals surface area contributed by atoms with Crippen LogP contribution in [0, 0.1) is 0 Å². The molecule has 1 amide bonds. The summed E-state index contributed by atoms with van der Waals surface area (Å²) < 4.78 is 5.04. The zero-order chi connectivity index (χ0) is 14.0. The number of methoxy groups -OCH3 is 1. The van der Waals surface area contributed by atoms with Crippen LogP contribution in [0.2, 0.25) is 0 Å². The van der Waals surface area contributed by atoms with E-state index in [9.17, 15) is 4.79 Å². The largest absolute Gasteiger partial charge is 0.393 e. The van der Waals surface area contributed by atoms with E-state index in [0.29, 0.717) is 31.0 Å². The van der Waals surface area contributed by atoms with Crippen molar-refractivity contribution in [3.8, 4) is 0 Å². The maximum Gasteiger partial charge on any atom is 0.221 e. The summed E-state index contributed by atoms with van der Waals surface area (Å²) in [5.41, 5.74) is 5.49. The number of hydrogen-bond acceptors (Lipinski definition) is 4. The topological polar surface area (TPSA) is 67.6 Å². The molecule has 6 heteroatoms. The molecule has 0 spiro atoms. The normalized spacial score (nSPS) is 10.9. The number of nitrogens with one attached hydrogen (secondary N) is 1. The zero-order valence-corrected chi connectivity index (χ0v) is 12.4. The Hall–Kier alpha value is -0.720. The number of amides is 1. The van der Waals surface area contributed by atoms with E-state index in [0.717, 1.165) is 13.1 Å². The van der Waals surface area contributed by atoms with Gasteiger partial charge in [0.25, 0.3) is 0 Å². The molecule has 5 nitrogen and oxygen atoms in total. The molecule has 18 heavy (non-hydrogen) atoms. The molecule has 0 saturated carbocycles. The number of nitrogens with zero attached hydrogens (tertiary/aromatic N) is 1. The van der Waals surface area contributed by atoms with Crippen molar-refractivity contribution in [1.82, 2.24) is 10.2 Å². The highest BCUT2D eigenvalue weighted by molar-refractivity contribution is 7.80. The lowest BCUT2D eigenvalue weighted by atomic mass is 10.3. The minimum Gasteiger partial charge on any atom is -0.393 e. The number of carbonyl (C=O) groups excluding carboxylic acids is 1. The van der Waals surface area contributed by atoms with Crippen molar-refractivity contribution in [1.29, 1.82) is 0 Å². The van der Waals surface area contributed by atoms with E-state index in [1.165, 1.54) is 0 Å². The van der Waals surface area contributed by atoms with Crippen LogP contribution in [0.25, 0.3) is 0 Å². The third-order valence-electron chi connectivity index (χ3n) is 2.39. The zero-order valence-electron chi connectivity index (χ0n) is 11.6. The highest BCUT2D eigenvalue weighted by atomic mass is 32.1. The summed E-state index contributed by atoms with van der Waals surface area (Å²) in [6.45, 7) is 6.80. The molecule has 0 aliphatic heterocycles. The summed E-state index contributed by atoms with van der Waals surface area (Å²) in [7, 11) is 1.66. The SMILES string of the molecule is COCCN(CCC(=O)NC(C)C)CCC(N)=S. The molecular weight excluding hydrogens is 250 g/mol. The number of thiocarbonyl (C=S) groups is 1. The number of nitrogens with two attached hydrogens (primary N) is 1. The Bertz CT molecular complexity index is 260. The van der Waals surface area contributed by atoms with Crippen LogP contribution in [0.3, 0.4) is 0 Å². The summed E-state index contributed by atoms with van der Waals surface area (Å²) in [5.74, 6) is 0.0720. The summed E-state index contributed by atoms with van der Waals surface area (Å²) in [4.78, 5) is 14.2. The predicted octanol–water partition coefficient (Wildman–Crippen LogP) is 0.526. The molecule has 0 aromatic carbocycles. The molecule has 0 fully saturated rings. The van der Waals surface area contributed by atoms with Crippen LogP contribution >= 0.6 is 12.2 Å². The maximum absolute atomic E-state index is 11.6. The molecule has 0 rings (SSSR count). The van der Waals surface area contributed by atoms with Gasteiger partial charge in [-0.3, -0.25) is 4.79 Å². The Morgan fingerprint density at radius 2 is 1.94 bits per heavy atom. The van der Waals surface area contributed by atoms with Crippen LogP contribution in [0.4, 0.5) is 0 Å². The first-order valence-electron chi connectivity index (χ1n) is 6.24. The van der Waals surface area contributed by atoms with Crippen molar-refractivity contribution in [3.05, 3.63) is 0 Å². The van der Waals surface area contributed by atoms with Crippen LogP contribution in [-0.4, -0.2) is 55.2 Å². The molecule has 0 unspecified atom stereocenters. The van der Waals surface area contributed by atoms with Gasteiger partial charge in [-0.1, -0.05) is 12.2 Å². The van der Waals surface area contributed by atoms with Crippen LogP contribution in [0.15, 0.2) is 0 Å². The van der Waals surface area contributed by atoms with E-state index in [4.69, 9.17) is 22.7 Å². The van der Waals surface area contributed by atoms with Crippen molar-refractivity contribution in [3.63, 3.8) is 0 Å². The van der Waals surface area contributed by atoms with Crippen LogP contribution in [0.1, 0.15) is 26.7 Å². The van der Waals surface area contributed by atoms with Crippen molar-refractivity contribution in [2.24, 2.45) is 5.73 Å². The number of ether oxygens (including phenoxy) is 1. The maximum atomic E-state index is 11.6. The molecule has 0 aliphatic carbocycles. The van der Waals surface area contributed by atoms with Gasteiger partial charge in [-0.2, -0.15) is 0 Å². The second-order valence-corrected chi connectivity index (χ2v) is 5.05. The quantitative estimate of drug-likeness (QED) is 0.569. The van der Waals surface area contributed by atoms with Gasteiger partial charge in [0.2, 0.25) is 5.91 Å². The molecule has 0 aromatic rings. The van der Waals surface area contributed by atoms with E-state index >= 15 is 0 Å². The Morgan fingerprint density at radius 3 is 2.44 bits per heavy atom. The Balaban J connectivity index is 3.98. The third-order valence-corrected chi connectivity index (χ3v) is 2.59. The molecule has 0 aliphatic rings. The van der Waals surface area contributed by atoms with E-state index in [1.807, 2.05) is 13.8 Å². The molecule has 106 valence electrons. The Labute approximate surface area is 115 Å². The highest BCUT2D eigenvalue weighted by Gasteiger charge is 2.09. The second-order valence-electron chi connectivity index (χ2n) is 4.52. The van der Waals surface area contributed by atoms with Crippen molar-refractivity contribution in [2.75, 3.05) is 33.4 Å². The summed E-state index contributed by atoms with van der Waals surface area (Å²) >= 11 is 4.86. The molecule has 0 heterocycles. The number of hydrogen-bond donors (Lipinski definition) is 2. The van der Waals surface area contributed by atoms with Crippen molar-refractivity contribution < 1.29 is 9.53 Å². The van der Waals surface area contributed by atoms with Gasteiger partial charge in [0.1, 0.15) is 0 Å². The Morgan fingerprint density at radius 1 is 1.33 bits per heavy atom. The van der Waals surface area contributed by atoms with Gasteiger partial charge in [-0.25, -0.2) is 0 Å². The molecular formula is C12H25N3O2S. The summed E-state index contributed by atoms with van der Waals surface area (Å²) in [6, 6.07) is 0.182. The molecule has 0 radical (unpaired) electrons. The fourth-order valence-electron chi connectivity index (χ4n) is 1.48. The first kappa shape index (κ1) is 17.3. The summed E-state index contributed by atoms with van der Waals surface area (Å²) in [5, 5.41) is 2.87. The van der Waals surface area contributed by atoms with Crippen LogP contribution in [-0.2, 0) is 9.53 Å². The van der Waals surface area contributed by atoms with Gasteiger partial charge in [-0.15, -0.1) is 0 Å². The average molecular weight is 275 g/mol. The molecule has 0 saturated heterocycles. The minimum atomic E-state index is 0.0720. The molecule has 0 bridgehead atoms. The van der Waals surface area contributed by atoms with Gasteiger partial charge in [0, 0.05) is 45.6 Å². The fourth-order valence-corrected chi connectivity index (χ4v) is 1.57. The minimum absolute atomic E-state index is 0.0720. The average Bonchev–Trinajstić information content (AvgIpc) is 2.26. The lowest BCUT2D eigenvalue weighted by Crippen LogP contribution is -2.36. The fraction of sp³-hybridized carbons (Fsp3) is 0.833. The number of carbonyl (C=O) groups is 1. The summed E-state index contributed by atoms with van der Waals surface area (Å²) in [6.07, 6.45) is 1.16. The van der Waals surface area contributed by atoms with Gasteiger partial charge < -0.3 is 20.7 Å². The van der Waals surface area contributed by atoms with Crippen molar-refractivity contribution >= 4 is 23.1 Å². The van der Waals surface area contributed by atoms with Gasteiger partial charge in [-0.05, 0) is 13.8 Å². The standard InChI is InChI=1S/C12H25N3O2S/c1-10(2)14-12(16)5-7-15(8-9-17-3)6-4-11(13)18/h10H,4-9H2,1-3H3,(H2,13,18)(H,14,16). The third kappa shape index (κ3) is 10.4. The molecule has 0 atom stereocenters. The van der Waals surface area contributed by atoms with Gasteiger partial charge in [0.05, 0.1) is 11.6 Å². The van der Waals surface area contributed by atoms with E-state index in [1.54, 1.807) is 7.11 Å². The van der Waals surface area contributed by atoms with E-state index in [2.05, 4.69) is 10.2 Å². The molecule has 3 N–H and O–H groups in total. The highest BCUT2D eigenvalue weighted by Crippen LogP contribution is 1.96. The lowest BCUT2D eigenvalue weighted by Gasteiger charge is -2.21. The lowest BCUT2D eigenvalue weighted by molar-refractivity contribution is -0.121. The second kappa shape index (κ2) is 10.2. The van der Waals surface area contributed by atoms with Crippen LogP contribution < -0.4 is 11.1 Å². The van der Waals surface area contributed by atoms with E-state index < -0.39 is 0 Å². The monoisotopic (exact) mass is 275 g/mol.